The van der Waals surface area contributed by atoms with Gasteiger partial charge in [0, 0.05) is 10.5 Å². The molecule has 2 N–H and O–H groups in total. The molecule has 2 aliphatic rings. The second-order valence-electron chi connectivity index (χ2n) is 12.8. The summed E-state index contributed by atoms with van der Waals surface area (Å²) in [6, 6.07) is 16.9. The van der Waals surface area contributed by atoms with Gasteiger partial charge >= 0.3 is 5.97 Å². The predicted octanol–water partition coefficient (Wildman–Crippen LogP) is 7.73. The zero-order valence-electron chi connectivity index (χ0n) is 28.6. The van der Waals surface area contributed by atoms with E-state index in [1.807, 2.05) is 36.4 Å². The zero-order valence-corrected chi connectivity index (χ0v) is 28.6. The van der Waals surface area contributed by atoms with Crippen molar-refractivity contribution in [3.63, 3.8) is 0 Å². The van der Waals surface area contributed by atoms with Crippen LogP contribution in [0.2, 0.25) is 0 Å². The van der Waals surface area contributed by atoms with Crippen molar-refractivity contribution in [3.05, 3.63) is 94.4 Å². The molecule has 8 atom stereocenters. The van der Waals surface area contributed by atoms with Gasteiger partial charge < -0.3 is 33.9 Å². The first-order valence-corrected chi connectivity index (χ1v) is 17.9. The zero-order chi connectivity index (χ0) is 34.7. The van der Waals surface area contributed by atoms with E-state index in [0.717, 1.165) is 24.8 Å². The summed E-state index contributed by atoms with van der Waals surface area (Å²) < 4.78 is 29.5. The molecule has 2 aromatic carbocycles. The molecule has 11 nitrogen and oxygen atoms in total. The van der Waals surface area contributed by atoms with Crippen LogP contribution in [0.5, 0.6) is 0 Å². The van der Waals surface area contributed by atoms with Crippen molar-refractivity contribution in [2.45, 2.75) is 133 Å². The lowest BCUT2D eigenvalue weighted by atomic mass is 9.98. The molecule has 0 aromatic heterocycles. The van der Waals surface area contributed by atoms with Crippen LogP contribution in [0.25, 0.3) is 10.4 Å². The largest absolute Gasteiger partial charge is 0.454 e. The number of aliphatic hydroxyl groups excluding tert-OH is 2. The lowest BCUT2D eigenvalue weighted by molar-refractivity contribution is -0.361. The molecule has 0 radical (unpaired) electrons. The van der Waals surface area contributed by atoms with E-state index in [9.17, 15) is 20.5 Å². The molecule has 1 unspecified atom stereocenters. The highest BCUT2D eigenvalue weighted by molar-refractivity contribution is 5.89. The number of hydrogen-bond acceptors (Lipinski definition) is 9. The molecule has 2 saturated heterocycles. The lowest BCUT2D eigenvalue weighted by Crippen LogP contribution is -2.62. The number of carbonyl (C=O) groups is 1. The SMILES string of the molecule is CCCCCCCCCCCCCC=C[C@@H](OC(=O)c1ccccc1)[C@H](CO[C@H]1O[C@@H]2COC(c3ccccc3)O[C@H]2[C@H](O)[C@H]1O)N=[N+]=[N-]. The van der Waals surface area contributed by atoms with Gasteiger partial charge in [-0.05, 0) is 36.6 Å². The summed E-state index contributed by atoms with van der Waals surface area (Å²) in [5.41, 5.74) is 10.6. The van der Waals surface area contributed by atoms with E-state index < -0.39 is 55.1 Å². The van der Waals surface area contributed by atoms with Crippen molar-refractivity contribution in [2.24, 2.45) is 5.11 Å². The van der Waals surface area contributed by atoms with Gasteiger partial charge in [0.1, 0.15) is 36.6 Å². The van der Waals surface area contributed by atoms with Crippen molar-refractivity contribution >= 4 is 5.97 Å². The minimum atomic E-state index is -1.45. The number of allylic oxidation sites excluding steroid dienone is 1. The normalized spacial score (nSPS) is 24.9. The first-order valence-electron chi connectivity index (χ1n) is 17.9. The molecular weight excluding hydrogens is 626 g/mol. The highest BCUT2D eigenvalue weighted by Gasteiger charge is 2.49. The minimum absolute atomic E-state index is 0.104. The van der Waals surface area contributed by atoms with Gasteiger partial charge in [0.05, 0.1) is 18.8 Å². The molecule has 2 heterocycles. The Labute approximate surface area is 290 Å². The lowest BCUT2D eigenvalue weighted by Gasteiger charge is -2.46. The average Bonchev–Trinajstić information content (AvgIpc) is 3.14. The Morgan fingerprint density at radius 2 is 1.55 bits per heavy atom. The Morgan fingerprint density at radius 1 is 0.918 bits per heavy atom. The topological polar surface area (TPSA) is 152 Å². The van der Waals surface area contributed by atoms with Gasteiger partial charge in [-0.2, -0.15) is 0 Å². The Bertz CT molecular complexity index is 1290. The Morgan fingerprint density at radius 3 is 2.20 bits per heavy atom. The summed E-state index contributed by atoms with van der Waals surface area (Å²) in [6.45, 7) is 2.09. The quantitative estimate of drug-likeness (QED) is 0.0340. The van der Waals surface area contributed by atoms with E-state index in [1.165, 1.54) is 57.8 Å². The number of rotatable bonds is 21. The van der Waals surface area contributed by atoms with Crippen molar-refractivity contribution in [3.8, 4) is 0 Å². The molecule has 0 amide bonds. The maximum atomic E-state index is 13.0. The van der Waals surface area contributed by atoms with Crippen LogP contribution in [0, 0.1) is 0 Å². The first kappa shape index (κ1) is 38.5. The number of azide groups is 1. The van der Waals surface area contributed by atoms with Gasteiger partial charge in [0.2, 0.25) is 0 Å². The first-order chi connectivity index (χ1) is 24.0. The van der Waals surface area contributed by atoms with Crippen LogP contribution >= 0.6 is 0 Å². The van der Waals surface area contributed by atoms with E-state index in [-0.39, 0.29) is 13.2 Å². The number of nitrogens with zero attached hydrogens (tertiary/aromatic N) is 3. The molecule has 2 fully saturated rings. The molecule has 0 saturated carbocycles. The predicted molar refractivity (Wildman–Crippen MR) is 185 cm³/mol. The molecule has 2 aromatic rings. The van der Waals surface area contributed by atoms with Crippen molar-refractivity contribution in [1.82, 2.24) is 0 Å². The molecule has 0 spiro atoms. The third-order valence-electron chi connectivity index (χ3n) is 8.97. The number of carbonyl (C=O) groups excluding carboxylic acids is 1. The second kappa shape index (κ2) is 21.7. The number of hydrogen-bond donors (Lipinski definition) is 2. The number of ether oxygens (including phenoxy) is 5. The Kier molecular flexibility index (Phi) is 17.1. The van der Waals surface area contributed by atoms with Crippen molar-refractivity contribution in [1.29, 1.82) is 0 Å². The van der Waals surface area contributed by atoms with Crippen LogP contribution in [-0.2, 0) is 23.7 Å². The van der Waals surface area contributed by atoms with E-state index in [0.29, 0.717) is 5.56 Å². The number of fused-ring (bicyclic) bond motifs is 1. The van der Waals surface area contributed by atoms with Gasteiger partial charge in [-0.3, -0.25) is 0 Å². The third-order valence-corrected chi connectivity index (χ3v) is 8.97. The van der Waals surface area contributed by atoms with Gasteiger partial charge in [-0.25, -0.2) is 4.79 Å². The van der Waals surface area contributed by atoms with E-state index in [2.05, 4.69) is 16.9 Å². The summed E-state index contributed by atoms with van der Waals surface area (Å²) in [4.78, 5) is 16.0. The molecule has 11 heteroatoms. The molecule has 268 valence electrons. The molecule has 2 aliphatic heterocycles. The van der Waals surface area contributed by atoms with Gasteiger partial charge in [0.25, 0.3) is 0 Å². The third kappa shape index (κ3) is 12.5. The summed E-state index contributed by atoms with van der Waals surface area (Å²) in [7, 11) is 0. The highest BCUT2D eigenvalue weighted by Crippen LogP contribution is 2.34. The van der Waals surface area contributed by atoms with Crippen LogP contribution in [0.4, 0.5) is 0 Å². The van der Waals surface area contributed by atoms with Gasteiger partial charge in [-0.1, -0.05) is 131 Å². The van der Waals surface area contributed by atoms with Crippen LogP contribution in [0.1, 0.15) is 106 Å². The van der Waals surface area contributed by atoms with Crippen LogP contribution in [0.15, 0.2) is 77.9 Å². The summed E-state index contributed by atoms with van der Waals surface area (Å²) >= 11 is 0. The number of unbranched alkanes of at least 4 members (excludes halogenated alkanes) is 11. The van der Waals surface area contributed by atoms with E-state index >= 15 is 0 Å². The highest BCUT2D eigenvalue weighted by atomic mass is 16.8. The summed E-state index contributed by atoms with van der Waals surface area (Å²) in [5.74, 6) is -0.570. The van der Waals surface area contributed by atoms with Gasteiger partial charge in [0.15, 0.2) is 12.6 Å². The fourth-order valence-electron chi connectivity index (χ4n) is 6.12. The smallest absolute Gasteiger partial charge is 0.338 e. The van der Waals surface area contributed by atoms with Crippen molar-refractivity contribution < 1.29 is 38.7 Å². The number of benzene rings is 2. The Hall–Kier alpha value is -3.28. The Balaban J connectivity index is 1.30. The monoisotopic (exact) mass is 679 g/mol. The summed E-state index contributed by atoms with van der Waals surface area (Å²) in [6.07, 6.45) is 10.9. The standard InChI is InChI=1S/C38H53N3O8/c1-2-3-4-5-6-7-8-9-10-11-12-13-20-25-31(47-36(44)28-21-16-14-17-22-28)30(40-41-39)26-45-38-34(43)33(42)35-32(48-38)27-46-37(49-35)29-23-18-15-19-24-29/h14-25,30-35,37-38,42-43H,2-13,26-27H2,1H3/t30-,31+,32+,33+,34+,35+,37?,38-/m0/s1. The van der Waals surface area contributed by atoms with Crippen LogP contribution < -0.4 is 0 Å². The molecular formula is C38H53N3O8. The summed E-state index contributed by atoms with van der Waals surface area (Å²) in [5, 5.41) is 25.8. The van der Waals surface area contributed by atoms with E-state index in [1.54, 1.807) is 36.4 Å². The van der Waals surface area contributed by atoms with Crippen LogP contribution in [0.3, 0.4) is 0 Å². The number of aliphatic hydroxyl groups is 2. The number of esters is 1. The maximum absolute atomic E-state index is 13.0. The van der Waals surface area contributed by atoms with Gasteiger partial charge in [-0.15, -0.1) is 0 Å². The molecule has 0 aliphatic carbocycles. The van der Waals surface area contributed by atoms with E-state index in [4.69, 9.17) is 23.7 Å². The molecule has 0 bridgehead atoms. The minimum Gasteiger partial charge on any atom is -0.454 e. The second-order valence-corrected chi connectivity index (χ2v) is 12.8. The maximum Gasteiger partial charge on any atom is 0.338 e. The molecule has 49 heavy (non-hydrogen) atoms. The fourth-order valence-corrected chi connectivity index (χ4v) is 6.12. The average molecular weight is 680 g/mol. The molecule has 4 rings (SSSR count). The van der Waals surface area contributed by atoms with Crippen molar-refractivity contribution in [2.75, 3.05) is 13.2 Å². The van der Waals surface area contributed by atoms with Crippen LogP contribution in [-0.4, -0.2) is 72.2 Å². The fraction of sp³-hybridized carbons (Fsp3) is 0.605.